The lowest BCUT2D eigenvalue weighted by Gasteiger charge is -2.38. The van der Waals surface area contributed by atoms with E-state index in [-0.39, 0.29) is 11.7 Å². The average Bonchev–Trinajstić information content (AvgIpc) is 3.91. The van der Waals surface area contributed by atoms with Gasteiger partial charge in [-0.15, -0.1) is 0 Å². The maximum atomic E-state index is 13.0. The number of carbonyl (C=O) groups is 2. The largest absolute Gasteiger partial charge is 0.491 e. The van der Waals surface area contributed by atoms with Gasteiger partial charge in [0, 0.05) is 75.9 Å². The number of piperazine rings is 1. The third-order valence-electron chi connectivity index (χ3n) is 8.74. The maximum absolute atomic E-state index is 13.0. The number of nitrogens with zero attached hydrogens (tertiary/aromatic N) is 6. The van der Waals surface area contributed by atoms with Crippen LogP contribution < -0.4 is 19.3 Å². The maximum Gasteiger partial charge on any atom is 0.491 e. The molecule has 4 heterocycles. The van der Waals surface area contributed by atoms with Crippen molar-refractivity contribution in [3.63, 3.8) is 0 Å². The summed E-state index contributed by atoms with van der Waals surface area (Å²) in [7, 11) is 0. The van der Waals surface area contributed by atoms with Gasteiger partial charge in [0.25, 0.3) is 0 Å². The van der Waals surface area contributed by atoms with Crippen LogP contribution in [0.4, 0.5) is 24.7 Å². The molecule has 1 aromatic carbocycles. The van der Waals surface area contributed by atoms with Gasteiger partial charge in [-0.2, -0.15) is 23.1 Å². The predicted molar refractivity (Wildman–Crippen MR) is 163 cm³/mol. The first-order chi connectivity index (χ1) is 22.3. The molecule has 0 atom stereocenters. The lowest BCUT2D eigenvalue weighted by molar-refractivity contribution is -0.189. The number of ether oxygens (including phenoxy) is 3. The molecule has 1 saturated carbocycles. The highest BCUT2D eigenvalue weighted by molar-refractivity contribution is 5.78. The number of fused-ring (bicyclic) bond motifs is 1. The molecule has 2 aromatic rings. The molecule has 248 valence electrons. The van der Waals surface area contributed by atoms with Crippen molar-refractivity contribution in [2.75, 3.05) is 82.0 Å². The minimum atomic E-state index is -5.08. The van der Waals surface area contributed by atoms with E-state index in [4.69, 9.17) is 24.2 Å². The molecule has 0 radical (unpaired) electrons. The molecule has 0 amide bonds. The Hall–Kier alpha value is -3.91. The summed E-state index contributed by atoms with van der Waals surface area (Å²) in [5.74, 6) is -1.27. The smallest absolute Gasteiger partial charge is 0.463 e. The molecule has 1 aliphatic carbocycles. The van der Waals surface area contributed by atoms with E-state index >= 15 is 0 Å². The number of esters is 1. The molecule has 6 rings (SSSR count). The van der Waals surface area contributed by atoms with Crippen LogP contribution in [0.1, 0.15) is 42.0 Å². The second kappa shape index (κ2) is 14.2. The standard InChI is InChI=1S/C32H39F3N6O5/c33-32(34,35)30(43)46-26-20-24(23-3-4-23)19-25(21-26)41-8-5-27-28(22-41)36-31(45-16-2-7-39-13-17-44-18-14-39)37-29(27)40-11-9-38(10-12-40)6-1-15-42/h1,6,15,19-21,23H,2-5,7-14,16-18,22H2. The summed E-state index contributed by atoms with van der Waals surface area (Å²) >= 11 is 0. The number of aromatic nitrogens is 2. The van der Waals surface area contributed by atoms with Crippen LogP contribution in [0, 0.1) is 0 Å². The van der Waals surface area contributed by atoms with Gasteiger partial charge in [0.15, 0.2) is 0 Å². The van der Waals surface area contributed by atoms with Crippen molar-refractivity contribution in [2.24, 2.45) is 0 Å². The van der Waals surface area contributed by atoms with Gasteiger partial charge in [-0.25, -0.2) is 4.79 Å². The molecule has 3 fully saturated rings. The minimum Gasteiger partial charge on any atom is -0.463 e. The van der Waals surface area contributed by atoms with Crippen molar-refractivity contribution >= 4 is 23.8 Å². The lowest BCUT2D eigenvalue weighted by Crippen LogP contribution is -2.45. The number of morpholine rings is 1. The number of hydrogen-bond donors (Lipinski definition) is 0. The van der Waals surface area contributed by atoms with E-state index in [1.54, 1.807) is 6.20 Å². The number of aldehydes is 1. The molecule has 0 spiro atoms. The number of anilines is 2. The van der Waals surface area contributed by atoms with Crippen molar-refractivity contribution in [1.29, 1.82) is 0 Å². The van der Waals surface area contributed by atoms with Crippen LogP contribution in [0.3, 0.4) is 0 Å². The number of rotatable bonds is 11. The third-order valence-corrected chi connectivity index (χ3v) is 8.74. The van der Waals surface area contributed by atoms with Gasteiger partial charge in [0.05, 0.1) is 32.1 Å². The van der Waals surface area contributed by atoms with E-state index in [9.17, 15) is 22.8 Å². The Bertz CT molecular complexity index is 1420. The molecule has 2 saturated heterocycles. The molecule has 0 N–H and O–H groups in total. The normalized spacial score (nSPS) is 19.3. The van der Waals surface area contributed by atoms with Gasteiger partial charge < -0.3 is 28.9 Å². The Morgan fingerprint density at radius 1 is 1.00 bits per heavy atom. The molecule has 1 aromatic heterocycles. The highest BCUT2D eigenvalue weighted by Crippen LogP contribution is 2.43. The van der Waals surface area contributed by atoms with Crippen molar-refractivity contribution in [2.45, 2.75) is 44.3 Å². The summed E-state index contributed by atoms with van der Waals surface area (Å²) in [4.78, 5) is 40.9. The molecular weight excluding hydrogens is 605 g/mol. The highest BCUT2D eigenvalue weighted by Gasteiger charge is 2.41. The van der Waals surface area contributed by atoms with E-state index in [1.165, 1.54) is 18.2 Å². The van der Waals surface area contributed by atoms with Crippen molar-refractivity contribution < 1.29 is 37.0 Å². The van der Waals surface area contributed by atoms with Gasteiger partial charge in [0.2, 0.25) is 0 Å². The Kier molecular flexibility index (Phi) is 9.92. The zero-order chi connectivity index (χ0) is 32.1. The van der Waals surface area contributed by atoms with Crippen LogP contribution in [-0.4, -0.2) is 110 Å². The Balaban J connectivity index is 1.22. The molecule has 46 heavy (non-hydrogen) atoms. The van der Waals surface area contributed by atoms with Crippen LogP contribution >= 0.6 is 0 Å². The van der Waals surface area contributed by atoms with Gasteiger partial charge in [0.1, 0.15) is 17.9 Å². The predicted octanol–water partition coefficient (Wildman–Crippen LogP) is 3.32. The van der Waals surface area contributed by atoms with E-state index in [0.29, 0.717) is 50.9 Å². The summed E-state index contributed by atoms with van der Waals surface area (Å²) in [5.41, 5.74) is 3.37. The van der Waals surface area contributed by atoms with Crippen LogP contribution in [0.5, 0.6) is 11.8 Å². The topological polar surface area (TPSA) is 101 Å². The first-order valence-corrected chi connectivity index (χ1v) is 15.9. The first kappa shape index (κ1) is 32.0. The Morgan fingerprint density at radius 2 is 1.78 bits per heavy atom. The second-order valence-electron chi connectivity index (χ2n) is 12.0. The Labute approximate surface area is 265 Å². The van der Waals surface area contributed by atoms with Gasteiger partial charge in [-0.05, 0) is 55.4 Å². The van der Waals surface area contributed by atoms with Gasteiger partial charge in [-0.1, -0.05) is 0 Å². The van der Waals surface area contributed by atoms with Crippen LogP contribution in [0.25, 0.3) is 0 Å². The van der Waals surface area contributed by atoms with E-state index < -0.39 is 12.1 Å². The lowest BCUT2D eigenvalue weighted by atomic mass is 10.0. The molecule has 11 nitrogen and oxygen atoms in total. The number of halogens is 3. The van der Waals surface area contributed by atoms with Gasteiger partial charge >= 0.3 is 18.2 Å². The quantitative estimate of drug-likeness (QED) is 0.118. The molecule has 3 aliphatic heterocycles. The number of hydrogen-bond acceptors (Lipinski definition) is 11. The summed E-state index contributed by atoms with van der Waals surface area (Å²) in [6.45, 7) is 8.52. The number of carbonyl (C=O) groups excluding carboxylic acids is 2. The third kappa shape index (κ3) is 8.08. The molecule has 0 bridgehead atoms. The van der Waals surface area contributed by atoms with Crippen molar-refractivity contribution in [1.82, 2.24) is 19.8 Å². The average molecular weight is 645 g/mol. The van der Waals surface area contributed by atoms with Crippen LogP contribution in [0.15, 0.2) is 30.5 Å². The molecule has 4 aliphatic rings. The monoisotopic (exact) mass is 644 g/mol. The van der Waals surface area contributed by atoms with E-state index in [0.717, 1.165) is 94.1 Å². The SMILES string of the molecule is O=CC=CN1CCN(c2nc(OCCCN3CCOCC3)nc3c2CCN(c2cc(OC(=O)C(F)(F)F)cc(C4CC4)c2)C3)CC1. The van der Waals surface area contributed by atoms with Gasteiger partial charge in [-0.3, -0.25) is 9.69 Å². The zero-order valence-electron chi connectivity index (χ0n) is 25.7. The fourth-order valence-electron chi connectivity index (χ4n) is 6.12. The van der Waals surface area contributed by atoms with Crippen LogP contribution in [0.2, 0.25) is 0 Å². The number of benzene rings is 1. The fraction of sp³-hybridized carbons (Fsp3) is 0.562. The number of alkyl halides is 3. The van der Waals surface area contributed by atoms with E-state index in [2.05, 4.69) is 19.6 Å². The molecule has 0 unspecified atom stereocenters. The summed E-state index contributed by atoms with van der Waals surface area (Å²) in [6.07, 6.45) is 2.31. The van der Waals surface area contributed by atoms with E-state index in [1.807, 2.05) is 6.07 Å². The van der Waals surface area contributed by atoms with Crippen molar-refractivity contribution in [3.05, 3.63) is 47.3 Å². The summed E-state index contributed by atoms with van der Waals surface area (Å²) in [6, 6.07) is 5.31. The van der Waals surface area contributed by atoms with Crippen LogP contribution in [-0.2, 0) is 27.3 Å². The fourth-order valence-corrected chi connectivity index (χ4v) is 6.12. The Morgan fingerprint density at radius 3 is 2.50 bits per heavy atom. The minimum absolute atomic E-state index is 0.110. The van der Waals surface area contributed by atoms with Crippen molar-refractivity contribution in [3.8, 4) is 11.8 Å². The molecule has 14 heteroatoms. The summed E-state index contributed by atoms with van der Waals surface area (Å²) < 4.78 is 55.3. The highest BCUT2D eigenvalue weighted by atomic mass is 19.4. The second-order valence-corrected chi connectivity index (χ2v) is 12.0. The number of allylic oxidation sites excluding steroid dienone is 1. The zero-order valence-corrected chi connectivity index (χ0v) is 25.7. The summed E-state index contributed by atoms with van der Waals surface area (Å²) in [5, 5.41) is 0. The first-order valence-electron chi connectivity index (χ1n) is 15.9. The molecular formula is C32H39F3N6O5.